The fourth-order valence-electron chi connectivity index (χ4n) is 2.23. The number of hydrogen-bond acceptors (Lipinski definition) is 5. The van der Waals surface area contributed by atoms with Gasteiger partial charge in [-0.15, -0.1) is 5.10 Å². The van der Waals surface area contributed by atoms with Crippen LogP contribution in [0.15, 0.2) is 0 Å². The first-order valence-corrected chi connectivity index (χ1v) is 6.20. The largest absolute Gasteiger partial charge is 0.376 e. The second kappa shape index (κ2) is 5.94. The average Bonchev–Trinajstić information content (AvgIpc) is 3.00. The minimum atomic E-state index is -0.121. The molecule has 2 heterocycles. The molecule has 18 heavy (non-hydrogen) atoms. The van der Waals surface area contributed by atoms with E-state index in [0.29, 0.717) is 12.2 Å². The second-order valence-corrected chi connectivity index (χ2v) is 4.45. The molecule has 1 saturated heterocycles. The molecule has 98 valence electrons. The van der Waals surface area contributed by atoms with Crippen LogP contribution in [-0.2, 0) is 22.4 Å². The summed E-state index contributed by atoms with van der Waals surface area (Å²) in [7, 11) is 1.64. The van der Waals surface area contributed by atoms with Gasteiger partial charge in [-0.25, -0.2) is 4.68 Å². The van der Waals surface area contributed by atoms with Gasteiger partial charge in [0.1, 0.15) is 5.69 Å². The Hall–Kier alpha value is -1.45. The summed E-state index contributed by atoms with van der Waals surface area (Å²) in [5.74, 6) is 0. The van der Waals surface area contributed by atoms with E-state index in [1.165, 1.54) is 0 Å². The van der Waals surface area contributed by atoms with Gasteiger partial charge in [-0.05, 0) is 19.8 Å². The molecule has 2 rings (SSSR count). The number of nitriles is 1. The first-order valence-electron chi connectivity index (χ1n) is 6.20. The summed E-state index contributed by atoms with van der Waals surface area (Å²) in [6, 6.07) is 2.11. The van der Waals surface area contributed by atoms with Crippen LogP contribution in [0.5, 0.6) is 0 Å². The van der Waals surface area contributed by atoms with Crippen molar-refractivity contribution in [3.63, 3.8) is 0 Å². The molecule has 1 aromatic rings. The maximum atomic E-state index is 8.80. The van der Waals surface area contributed by atoms with Gasteiger partial charge in [-0.3, -0.25) is 0 Å². The lowest BCUT2D eigenvalue weighted by atomic mass is 10.1. The van der Waals surface area contributed by atoms with Crippen LogP contribution in [0.1, 0.15) is 37.3 Å². The topological polar surface area (TPSA) is 73.0 Å². The molecule has 0 amide bonds. The Balaban J connectivity index is 2.20. The Bertz CT molecular complexity index is 432. The van der Waals surface area contributed by atoms with E-state index < -0.39 is 0 Å². The zero-order chi connectivity index (χ0) is 13.0. The molecule has 1 aliphatic rings. The molecular weight excluding hydrogens is 232 g/mol. The van der Waals surface area contributed by atoms with E-state index in [4.69, 9.17) is 14.7 Å². The highest BCUT2D eigenvalue weighted by Gasteiger charge is 2.23. The molecule has 0 radical (unpaired) electrons. The summed E-state index contributed by atoms with van der Waals surface area (Å²) in [5.41, 5.74) is 1.58. The smallest absolute Gasteiger partial charge is 0.103 e. The first kappa shape index (κ1) is 13.0. The number of hydrogen-bond donors (Lipinski definition) is 0. The molecule has 0 spiro atoms. The van der Waals surface area contributed by atoms with Crippen molar-refractivity contribution in [1.82, 2.24) is 15.0 Å². The molecule has 0 N–H and O–H groups in total. The van der Waals surface area contributed by atoms with Gasteiger partial charge in [0.25, 0.3) is 0 Å². The van der Waals surface area contributed by atoms with E-state index in [1.807, 2.05) is 11.6 Å². The quantitative estimate of drug-likeness (QED) is 0.785. The summed E-state index contributed by atoms with van der Waals surface area (Å²) in [5, 5.41) is 17.0. The maximum Gasteiger partial charge on any atom is 0.103 e. The van der Waals surface area contributed by atoms with Crippen molar-refractivity contribution in [2.75, 3.05) is 13.7 Å². The van der Waals surface area contributed by atoms with E-state index in [-0.39, 0.29) is 18.6 Å². The number of methoxy groups -OCH3 is 1. The third kappa shape index (κ3) is 2.68. The Kier molecular flexibility index (Phi) is 4.28. The predicted molar refractivity (Wildman–Crippen MR) is 63.7 cm³/mol. The predicted octanol–water partition coefficient (Wildman–Crippen LogP) is 1.23. The molecule has 2 unspecified atom stereocenters. The van der Waals surface area contributed by atoms with Crippen LogP contribution in [0.2, 0.25) is 0 Å². The molecule has 0 saturated carbocycles. The molecule has 0 aliphatic carbocycles. The summed E-state index contributed by atoms with van der Waals surface area (Å²) in [4.78, 5) is 0. The molecule has 2 atom stereocenters. The van der Waals surface area contributed by atoms with Crippen molar-refractivity contribution >= 4 is 0 Å². The highest BCUT2D eigenvalue weighted by molar-refractivity contribution is 5.16. The Morgan fingerprint density at radius 2 is 2.50 bits per heavy atom. The maximum absolute atomic E-state index is 8.80. The Morgan fingerprint density at radius 3 is 3.11 bits per heavy atom. The highest BCUT2D eigenvalue weighted by Crippen LogP contribution is 2.21. The van der Waals surface area contributed by atoms with Gasteiger partial charge < -0.3 is 9.47 Å². The molecule has 6 heteroatoms. The van der Waals surface area contributed by atoms with Crippen LogP contribution in [0.4, 0.5) is 0 Å². The molecule has 0 bridgehead atoms. The zero-order valence-corrected chi connectivity index (χ0v) is 10.8. The summed E-state index contributed by atoms with van der Waals surface area (Å²) >= 11 is 0. The van der Waals surface area contributed by atoms with Crippen molar-refractivity contribution in [3.8, 4) is 6.07 Å². The first-order chi connectivity index (χ1) is 8.76. The van der Waals surface area contributed by atoms with Crippen LogP contribution < -0.4 is 0 Å². The van der Waals surface area contributed by atoms with Gasteiger partial charge in [-0.2, -0.15) is 5.26 Å². The van der Waals surface area contributed by atoms with Gasteiger partial charge in [0.2, 0.25) is 0 Å². The second-order valence-electron chi connectivity index (χ2n) is 4.45. The number of aromatic nitrogens is 3. The summed E-state index contributed by atoms with van der Waals surface area (Å²) < 4.78 is 12.8. The number of rotatable bonds is 5. The fraction of sp³-hybridized carbons (Fsp3) is 0.750. The average molecular weight is 250 g/mol. The van der Waals surface area contributed by atoms with Crippen molar-refractivity contribution < 1.29 is 9.47 Å². The zero-order valence-electron chi connectivity index (χ0n) is 10.8. The van der Waals surface area contributed by atoms with E-state index in [2.05, 4.69) is 16.4 Å². The van der Waals surface area contributed by atoms with E-state index in [0.717, 1.165) is 25.1 Å². The monoisotopic (exact) mass is 250 g/mol. The molecule has 6 nitrogen and oxygen atoms in total. The van der Waals surface area contributed by atoms with Crippen LogP contribution in [-0.4, -0.2) is 34.8 Å². The van der Waals surface area contributed by atoms with Crippen molar-refractivity contribution in [2.45, 2.75) is 44.9 Å². The SMILES string of the molecule is COC(C)c1c(CC#N)nnn1CC1CCCO1. The van der Waals surface area contributed by atoms with Crippen LogP contribution in [0, 0.1) is 11.3 Å². The van der Waals surface area contributed by atoms with E-state index in [9.17, 15) is 0 Å². The standard InChI is InChI=1S/C12H18N4O2/c1-9(17-2)12-11(5-6-13)14-15-16(12)8-10-4-3-7-18-10/h9-10H,3-5,7-8H2,1-2H3. The molecule has 1 fully saturated rings. The lowest BCUT2D eigenvalue weighted by Gasteiger charge is -2.15. The van der Waals surface area contributed by atoms with Gasteiger partial charge in [0.05, 0.1) is 36.9 Å². The normalized spacial score (nSPS) is 20.8. The van der Waals surface area contributed by atoms with Crippen molar-refractivity contribution in [2.24, 2.45) is 0 Å². The van der Waals surface area contributed by atoms with Crippen LogP contribution in [0.3, 0.4) is 0 Å². The van der Waals surface area contributed by atoms with Gasteiger partial charge in [0.15, 0.2) is 0 Å². The van der Waals surface area contributed by atoms with Crippen LogP contribution >= 0.6 is 0 Å². The molecule has 1 aromatic heterocycles. The molecule has 0 aromatic carbocycles. The summed E-state index contributed by atoms with van der Waals surface area (Å²) in [6.45, 7) is 3.44. The van der Waals surface area contributed by atoms with E-state index >= 15 is 0 Å². The lowest BCUT2D eigenvalue weighted by molar-refractivity contribution is 0.0820. The third-order valence-electron chi connectivity index (χ3n) is 3.23. The van der Waals surface area contributed by atoms with Gasteiger partial charge in [-0.1, -0.05) is 5.21 Å². The Labute approximate surface area is 106 Å². The number of ether oxygens (including phenoxy) is 2. The van der Waals surface area contributed by atoms with Crippen molar-refractivity contribution in [1.29, 1.82) is 5.26 Å². The summed E-state index contributed by atoms with van der Waals surface area (Å²) in [6.07, 6.45) is 2.48. The minimum absolute atomic E-state index is 0.121. The van der Waals surface area contributed by atoms with Gasteiger partial charge in [0, 0.05) is 13.7 Å². The molecule has 1 aliphatic heterocycles. The third-order valence-corrected chi connectivity index (χ3v) is 3.23. The minimum Gasteiger partial charge on any atom is -0.376 e. The fourth-order valence-corrected chi connectivity index (χ4v) is 2.23. The number of nitrogens with zero attached hydrogens (tertiary/aromatic N) is 4. The Morgan fingerprint density at radius 1 is 1.67 bits per heavy atom. The van der Waals surface area contributed by atoms with Crippen molar-refractivity contribution in [3.05, 3.63) is 11.4 Å². The van der Waals surface area contributed by atoms with Gasteiger partial charge >= 0.3 is 0 Å². The van der Waals surface area contributed by atoms with E-state index in [1.54, 1.807) is 7.11 Å². The molecular formula is C12H18N4O2. The highest BCUT2D eigenvalue weighted by atomic mass is 16.5. The lowest BCUT2D eigenvalue weighted by Crippen LogP contribution is -2.19. The van der Waals surface area contributed by atoms with Crippen LogP contribution in [0.25, 0.3) is 0 Å².